The monoisotopic (exact) mass is 256 g/mol. The van der Waals surface area contributed by atoms with Gasteiger partial charge >= 0.3 is 11.9 Å². The molecule has 0 amide bonds. The van der Waals surface area contributed by atoms with Crippen molar-refractivity contribution in [3.8, 4) is 0 Å². The molecule has 4 heteroatoms. The Morgan fingerprint density at radius 2 is 1.56 bits per heavy atom. The van der Waals surface area contributed by atoms with Crippen molar-refractivity contribution in [2.45, 2.75) is 47.5 Å². The molecule has 18 heavy (non-hydrogen) atoms. The summed E-state index contributed by atoms with van der Waals surface area (Å²) in [5.74, 6) is -0.582. The van der Waals surface area contributed by atoms with Crippen LogP contribution in [0, 0.1) is 16.7 Å². The summed E-state index contributed by atoms with van der Waals surface area (Å²) in [5, 5.41) is 0. The average molecular weight is 256 g/mol. The third-order valence-corrected chi connectivity index (χ3v) is 4.53. The lowest BCUT2D eigenvalue weighted by Gasteiger charge is -2.38. The zero-order chi connectivity index (χ0) is 14.0. The van der Waals surface area contributed by atoms with Gasteiger partial charge in [-0.05, 0) is 38.0 Å². The standard InChI is InChI=1S/C14H24O4/c1-6-17-11(15)14(12(16)18-7-2)9-8-10(3)13(14,4)5/h10H,6-9H2,1-5H3/t10-/m0/s1. The van der Waals surface area contributed by atoms with Gasteiger partial charge in [-0.2, -0.15) is 0 Å². The molecule has 0 radical (unpaired) electrons. The van der Waals surface area contributed by atoms with Gasteiger partial charge < -0.3 is 9.47 Å². The van der Waals surface area contributed by atoms with E-state index in [2.05, 4.69) is 6.92 Å². The molecule has 0 aromatic carbocycles. The molecular formula is C14H24O4. The van der Waals surface area contributed by atoms with E-state index >= 15 is 0 Å². The summed E-state index contributed by atoms with van der Waals surface area (Å²) >= 11 is 0. The summed E-state index contributed by atoms with van der Waals surface area (Å²) < 4.78 is 10.3. The molecule has 104 valence electrons. The van der Waals surface area contributed by atoms with Gasteiger partial charge in [0, 0.05) is 0 Å². The predicted molar refractivity (Wildman–Crippen MR) is 67.9 cm³/mol. The fourth-order valence-electron chi connectivity index (χ4n) is 2.86. The van der Waals surface area contributed by atoms with Crippen molar-refractivity contribution < 1.29 is 19.1 Å². The van der Waals surface area contributed by atoms with Crippen LogP contribution in [0.25, 0.3) is 0 Å². The number of carbonyl (C=O) groups is 2. The molecule has 0 spiro atoms. The molecule has 1 aliphatic rings. The van der Waals surface area contributed by atoms with Gasteiger partial charge in [0.05, 0.1) is 13.2 Å². The fraction of sp³-hybridized carbons (Fsp3) is 0.857. The van der Waals surface area contributed by atoms with Crippen LogP contribution >= 0.6 is 0 Å². The van der Waals surface area contributed by atoms with Crippen LogP contribution in [0.4, 0.5) is 0 Å². The van der Waals surface area contributed by atoms with E-state index in [0.717, 1.165) is 6.42 Å². The maximum atomic E-state index is 12.3. The number of carbonyl (C=O) groups excluding carboxylic acids is 2. The molecule has 1 atom stereocenters. The number of esters is 2. The maximum absolute atomic E-state index is 12.3. The third kappa shape index (κ3) is 2.02. The van der Waals surface area contributed by atoms with E-state index in [1.54, 1.807) is 13.8 Å². The highest BCUT2D eigenvalue weighted by atomic mass is 16.6. The van der Waals surface area contributed by atoms with Crippen molar-refractivity contribution in [1.29, 1.82) is 0 Å². The second-order valence-electron chi connectivity index (χ2n) is 5.51. The maximum Gasteiger partial charge on any atom is 0.324 e. The first-order valence-corrected chi connectivity index (χ1v) is 6.69. The van der Waals surface area contributed by atoms with Gasteiger partial charge in [0.1, 0.15) is 0 Å². The van der Waals surface area contributed by atoms with Crippen LogP contribution in [0.2, 0.25) is 0 Å². The Bertz CT molecular complexity index is 315. The van der Waals surface area contributed by atoms with Crippen molar-refractivity contribution in [3.05, 3.63) is 0 Å². The normalized spacial score (nSPS) is 24.6. The number of hydrogen-bond donors (Lipinski definition) is 0. The lowest BCUT2D eigenvalue weighted by molar-refractivity contribution is -0.180. The molecule has 0 N–H and O–H groups in total. The Morgan fingerprint density at radius 3 is 1.83 bits per heavy atom. The van der Waals surface area contributed by atoms with E-state index in [4.69, 9.17) is 9.47 Å². The lowest BCUT2D eigenvalue weighted by atomic mass is 9.65. The van der Waals surface area contributed by atoms with Crippen molar-refractivity contribution in [3.63, 3.8) is 0 Å². The van der Waals surface area contributed by atoms with E-state index in [-0.39, 0.29) is 19.1 Å². The average Bonchev–Trinajstić information content (AvgIpc) is 2.52. The largest absolute Gasteiger partial charge is 0.465 e. The van der Waals surface area contributed by atoms with Gasteiger partial charge in [-0.25, -0.2) is 0 Å². The highest BCUT2D eigenvalue weighted by Gasteiger charge is 2.64. The Balaban J connectivity index is 3.18. The minimum absolute atomic E-state index is 0.282. The molecule has 0 bridgehead atoms. The Labute approximate surface area is 109 Å². The predicted octanol–water partition coefficient (Wildman–Crippen LogP) is 2.56. The summed E-state index contributed by atoms with van der Waals surface area (Å²) in [6, 6.07) is 0. The van der Waals surface area contributed by atoms with Gasteiger partial charge in [0.15, 0.2) is 5.41 Å². The smallest absolute Gasteiger partial charge is 0.324 e. The van der Waals surface area contributed by atoms with Gasteiger partial charge in [0.2, 0.25) is 0 Å². The van der Waals surface area contributed by atoms with Gasteiger partial charge in [-0.1, -0.05) is 20.8 Å². The topological polar surface area (TPSA) is 52.6 Å². The molecule has 0 aliphatic heterocycles. The number of hydrogen-bond acceptors (Lipinski definition) is 4. The Kier molecular flexibility index (Phi) is 4.41. The van der Waals surface area contributed by atoms with Crippen molar-refractivity contribution in [1.82, 2.24) is 0 Å². The first kappa shape index (κ1) is 15.0. The zero-order valence-electron chi connectivity index (χ0n) is 12.0. The molecule has 1 rings (SSSR count). The minimum Gasteiger partial charge on any atom is -0.465 e. The van der Waals surface area contributed by atoms with Crippen molar-refractivity contribution in [2.75, 3.05) is 13.2 Å². The molecule has 1 aliphatic carbocycles. The van der Waals surface area contributed by atoms with E-state index < -0.39 is 22.8 Å². The molecule has 0 unspecified atom stereocenters. The first-order chi connectivity index (χ1) is 8.34. The number of rotatable bonds is 4. The zero-order valence-corrected chi connectivity index (χ0v) is 12.0. The highest BCUT2D eigenvalue weighted by molar-refractivity contribution is 6.01. The van der Waals surface area contributed by atoms with Gasteiger partial charge in [0.25, 0.3) is 0 Å². The van der Waals surface area contributed by atoms with Crippen LogP contribution in [-0.2, 0) is 19.1 Å². The molecule has 0 saturated heterocycles. The van der Waals surface area contributed by atoms with E-state index in [1.807, 2.05) is 13.8 Å². The molecule has 1 fully saturated rings. The molecular weight excluding hydrogens is 232 g/mol. The van der Waals surface area contributed by atoms with E-state index in [0.29, 0.717) is 6.42 Å². The Morgan fingerprint density at radius 1 is 1.11 bits per heavy atom. The molecule has 0 aromatic rings. The lowest BCUT2D eigenvalue weighted by Crippen LogP contribution is -2.50. The highest BCUT2D eigenvalue weighted by Crippen LogP contribution is 2.57. The summed E-state index contributed by atoms with van der Waals surface area (Å²) in [7, 11) is 0. The molecule has 0 heterocycles. The minimum atomic E-state index is -1.14. The third-order valence-electron chi connectivity index (χ3n) is 4.53. The summed E-state index contributed by atoms with van der Waals surface area (Å²) in [6.45, 7) is 10.1. The van der Waals surface area contributed by atoms with Crippen LogP contribution < -0.4 is 0 Å². The van der Waals surface area contributed by atoms with Crippen LogP contribution in [0.5, 0.6) is 0 Å². The van der Waals surface area contributed by atoms with E-state index in [9.17, 15) is 9.59 Å². The SMILES string of the molecule is CCOC(=O)C1(C(=O)OCC)CC[C@H](C)C1(C)C. The van der Waals surface area contributed by atoms with Crippen LogP contribution in [0.1, 0.15) is 47.5 Å². The van der Waals surface area contributed by atoms with Crippen LogP contribution in [-0.4, -0.2) is 25.2 Å². The van der Waals surface area contributed by atoms with Gasteiger partial charge in [-0.3, -0.25) is 9.59 Å². The summed E-state index contributed by atoms with van der Waals surface area (Å²) in [4.78, 5) is 24.6. The second-order valence-corrected chi connectivity index (χ2v) is 5.51. The van der Waals surface area contributed by atoms with Crippen molar-refractivity contribution >= 4 is 11.9 Å². The molecule has 4 nitrogen and oxygen atoms in total. The summed E-state index contributed by atoms with van der Waals surface area (Å²) in [5.41, 5.74) is -1.58. The Hall–Kier alpha value is -1.06. The van der Waals surface area contributed by atoms with Gasteiger partial charge in [-0.15, -0.1) is 0 Å². The first-order valence-electron chi connectivity index (χ1n) is 6.69. The van der Waals surface area contributed by atoms with Crippen LogP contribution in [0.15, 0.2) is 0 Å². The summed E-state index contributed by atoms with van der Waals surface area (Å²) in [6.07, 6.45) is 1.35. The molecule has 0 aromatic heterocycles. The number of ether oxygens (including phenoxy) is 2. The van der Waals surface area contributed by atoms with E-state index in [1.165, 1.54) is 0 Å². The van der Waals surface area contributed by atoms with Crippen LogP contribution in [0.3, 0.4) is 0 Å². The second kappa shape index (κ2) is 5.29. The molecule has 1 saturated carbocycles. The quantitative estimate of drug-likeness (QED) is 0.573. The fourth-order valence-corrected chi connectivity index (χ4v) is 2.86. The van der Waals surface area contributed by atoms with Crippen molar-refractivity contribution in [2.24, 2.45) is 16.7 Å².